The lowest BCUT2D eigenvalue weighted by Gasteiger charge is -2.38. The first-order chi connectivity index (χ1) is 11.1. The maximum atomic E-state index is 11.9. The maximum absolute atomic E-state index is 11.9. The molecule has 2 heterocycles. The highest BCUT2D eigenvalue weighted by Gasteiger charge is 2.63. The third-order valence-electron chi connectivity index (χ3n) is 3.53. The van der Waals surface area contributed by atoms with Crippen molar-refractivity contribution in [3.8, 4) is 0 Å². The van der Waals surface area contributed by atoms with E-state index in [2.05, 4.69) is 0 Å². The predicted octanol–water partition coefficient (Wildman–Crippen LogP) is -2.56. The topological polar surface area (TPSA) is 179 Å². The number of carboxylic acids is 2. The predicted molar refractivity (Wildman–Crippen MR) is 67.3 cm³/mol. The Kier molecular flexibility index (Phi) is 4.36. The highest BCUT2D eigenvalue weighted by atomic mass is 16.7. The van der Waals surface area contributed by atoms with Crippen LogP contribution in [0, 0.1) is 0 Å². The van der Waals surface area contributed by atoms with Crippen molar-refractivity contribution >= 4 is 35.6 Å². The van der Waals surface area contributed by atoms with Crippen LogP contribution < -0.4 is 0 Å². The van der Waals surface area contributed by atoms with Gasteiger partial charge >= 0.3 is 17.7 Å². The summed E-state index contributed by atoms with van der Waals surface area (Å²) in [5.41, 5.74) is -3.48. The van der Waals surface area contributed by atoms with Crippen LogP contribution in [-0.4, -0.2) is 72.7 Å². The molecule has 2 fully saturated rings. The molecule has 12 nitrogen and oxygen atoms in total. The molecule has 12 heteroatoms. The van der Waals surface area contributed by atoms with Crippen LogP contribution in [0.15, 0.2) is 0 Å². The van der Waals surface area contributed by atoms with Crippen LogP contribution in [0.3, 0.4) is 0 Å². The van der Waals surface area contributed by atoms with Crippen molar-refractivity contribution in [3.63, 3.8) is 0 Å². The Morgan fingerprint density at radius 1 is 0.917 bits per heavy atom. The first-order valence-electron chi connectivity index (χ1n) is 6.68. The zero-order valence-electron chi connectivity index (χ0n) is 12.0. The molecule has 2 aliphatic heterocycles. The average molecular weight is 344 g/mol. The number of hydroxylamine groups is 2. The lowest BCUT2D eigenvalue weighted by Crippen LogP contribution is -2.69. The van der Waals surface area contributed by atoms with Gasteiger partial charge in [0.25, 0.3) is 11.8 Å². The van der Waals surface area contributed by atoms with Crippen molar-refractivity contribution in [2.75, 3.05) is 0 Å². The Balaban J connectivity index is 2.58. The van der Waals surface area contributed by atoms with E-state index in [1.54, 1.807) is 0 Å². The molecule has 4 amide bonds. The summed E-state index contributed by atoms with van der Waals surface area (Å²) in [6.45, 7) is 0. The standard InChI is InChI=1S/C12H12N2O10/c15-5-1-2-6(16)13(5)12(11(22)23,9(19)10(20)21)24-14-7(17)3-4-8(14)18/h9,19H,1-4H2,(H,20,21)(H,22,23). The van der Waals surface area contributed by atoms with Gasteiger partial charge in [0.15, 0.2) is 0 Å². The van der Waals surface area contributed by atoms with Crippen molar-refractivity contribution < 1.29 is 48.9 Å². The van der Waals surface area contributed by atoms with E-state index < -0.39 is 60.2 Å². The molecule has 2 atom stereocenters. The Labute approximate surface area is 133 Å². The Bertz CT molecular complexity index is 626. The minimum Gasteiger partial charge on any atom is -0.479 e. The van der Waals surface area contributed by atoms with E-state index in [1.165, 1.54) is 0 Å². The number of hydrogen-bond acceptors (Lipinski definition) is 8. The number of amides is 4. The first kappa shape index (κ1) is 17.5. The van der Waals surface area contributed by atoms with E-state index in [4.69, 9.17) is 9.94 Å². The molecule has 2 saturated heterocycles. The number of carboxylic acid groups (broad SMARTS) is 2. The first-order valence-corrected chi connectivity index (χ1v) is 6.68. The van der Waals surface area contributed by atoms with Crippen LogP contribution >= 0.6 is 0 Å². The van der Waals surface area contributed by atoms with E-state index in [9.17, 15) is 39.0 Å². The molecule has 24 heavy (non-hydrogen) atoms. The van der Waals surface area contributed by atoms with E-state index in [-0.39, 0.29) is 22.8 Å². The molecule has 3 N–H and O–H groups in total. The summed E-state index contributed by atoms with van der Waals surface area (Å²) < 4.78 is 0. The number of carbonyl (C=O) groups excluding carboxylic acids is 4. The fourth-order valence-corrected chi connectivity index (χ4v) is 2.38. The van der Waals surface area contributed by atoms with Crippen molar-refractivity contribution in [2.24, 2.45) is 0 Å². The quantitative estimate of drug-likeness (QED) is 0.434. The fraction of sp³-hybridized carbons (Fsp3) is 0.500. The molecular weight excluding hydrogens is 332 g/mol. The van der Waals surface area contributed by atoms with Crippen LogP contribution in [0.4, 0.5) is 0 Å². The van der Waals surface area contributed by atoms with E-state index in [0.29, 0.717) is 0 Å². The molecule has 2 unspecified atom stereocenters. The number of aliphatic hydroxyl groups excluding tert-OH is 1. The second kappa shape index (κ2) is 5.98. The molecule has 2 rings (SSSR count). The smallest absolute Gasteiger partial charge is 0.364 e. The van der Waals surface area contributed by atoms with Gasteiger partial charge in [0.1, 0.15) is 0 Å². The number of likely N-dealkylation sites (tertiary alicyclic amines) is 1. The molecule has 0 aromatic rings. The van der Waals surface area contributed by atoms with Crippen LogP contribution in [0.5, 0.6) is 0 Å². The molecule has 0 saturated carbocycles. The molecule has 0 spiro atoms. The lowest BCUT2D eigenvalue weighted by atomic mass is 10.0. The monoisotopic (exact) mass is 344 g/mol. The molecule has 0 bridgehead atoms. The zero-order chi connectivity index (χ0) is 18.2. The lowest BCUT2D eigenvalue weighted by molar-refractivity contribution is -0.286. The van der Waals surface area contributed by atoms with E-state index >= 15 is 0 Å². The number of rotatable bonds is 6. The Hall–Kier alpha value is -2.86. The fourth-order valence-electron chi connectivity index (χ4n) is 2.38. The van der Waals surface area contributed by atoms with E-state index in [1.807, 2.05) is 0 Å². The zero-order valence-corrected chi connectivity index (χ0v) is 12.0. The van der Waals surface area contributed by atoms with Gasteiger partial charge in [0, 0.05) is 25.7 Å². The minimum atomic E-state index is -3.48. The molecule has 0 aromatic heterocycles. The summed E-state index contributed by atoms with van der Waals surface area (Å²) >= 11 is 0. The van der Waals surface area contributed by atoms with Gasteiger partial charge in [0.05, 0.1) is 0 Å². The summed E-state index contributed by atoms with van der Waals surface area (Å²) in [6.07, 6.45) is -4.49. The second-order valence-electron chi connectivity index (χ2n) is 5.04. The number of imide groups is 2. The van der Waals surface area contributed by atoms with Crippen LogP contribution in [0.1, 0.15) is 25.7 Å². The number of aliphatic hydroxyl groups is 1. The number of aliphatic carboxylic acids is 2. The van der Waals surface area contributed by atoms with Crippen molar-refractivity contribution in [1.29, 1.82) is 0 Å². The van der Waals surface area contributed by atoms with Crippen LogP contribution in [0.25, 0.3) is 0 Å². The Morgan fingerprint density at radius 2 is 1.33 bits per heavy atom. The van der Waals surface area contributed by atoms with Gasteiger partial charge in [-0.05, 0) is 0 Å². The highest BCUT2D eigenvalue weighted by molar-refractivity contribution is 6.07. The van der Waals surface area contributed by atoms with Gasteiger partial charge < -0.3 is 15.3 Å². The summed E-state index contributed by atoms with van der Waals surface area (Å²) in [5.74, 6) is -8.61. The third kappa shape index (κ3) is 2.51. The summed E-state index contributed by atoms with van der Waals surface area (Å²) in [6, 6.07) is 0. The molecule has 0 aromatic carbocycles. The maximum Gasteiger partial charge on any atom is 0.364 e. The average Bonchev–Trinajstić information content (AvgIpc) is 2.99. The number of hydrogen-bond donors (Lipinski definition) is 3. The minimum absolute atomic E-state index is 0.0425. The normalized spacial score (nSPS) is 22.0. The largest absolute Gasteiger partial charge is 0.479 e. The van der Waals surface area contributed by atoms with Crippen molar-refractivity contribution in [1.82, 2.24) is 9.96 Å². The van der Waals surface area contributed by atoms with Crippen LogP contribution in [-0.2, 0) is 33.6 Å². The number of nitrogens with zero attached hydrogens (tertiary/aromatic N) is 2. The molecule has 2 aliphatic rings. The highest BCUT2D eigenvalue weighted by Crippen LogP contribution is 2.32. The summed E-state index contributed by atoms with van der Waals surface area (Å²) in [7, 11) is 0. The SMILES string of the molecule is O=C(O)C(O)C(ON1C(=O)CCC1=O)(C(=O)O)N1C(=O)CCC1=O. The molecule has 0 radical (unpaired) electrons. The van der Waals surface area contributed by atoms with Crippen molar-refractivity contribution in [2.45, 2.75) is 37.5 Å². The van der Waals surface area contributed by atoms with Crippen LogP contribution in [0.2, 0.25) is 0 Å². The van der Waals surface area contributed by atoms with Gasteiger partial charge in [-0.15, -0.1) is 5.06 Å². The van der Waals surface area contributed by atoms with E-state index in [0.717, 1.165) is 0 Å². The molecule has 0 aliphatic carbocycles. The molecule has 130 valence electrons. The second-order valence-corrected chi connectivity index (χ2v) is 5.04. The Morgan fingerprint density at radius 3 is 1.71 bits per heavy atom. The van der Waals surface area contributed by atoms with Gasteiger partial charge in [0.2, 0.25) is 17.9 Å². The van der Waals surface area contributed by atoms with Gasteiger partial charge in [-0.3, -0.25) is 19.2 Å². The number of carbonyl (C=O) groups is 6. The van der Waals surface area contributed by atoms with Gasteiger partial charge in [-0.25, -0.2) is 19.3 Å². The van der Waals surface area contributed by atoms with Gasteiger partial charge in [-0.2, -0.15) is 0 Å². The summed E-state index contributed by atoms with van der Waals surface area (Å²) in [4.78, 5) is 74.5. The third-order valence-corrected chi connectivity index (χ3v) is 3.53. The van der Waals surface area contributed by atoms with Gasteiger partial charge in [-0.1, -0.05) is 0 Å². The summed E-state index contributed by atoms with van der Waals surface area (Å²) in [5, 5.41) is 28.2. The van der Waals surface area contributed by atoms with Crippen molar-refractivity contribution in [3.05, 3.63) is 0 Å². The molecular formula is C12H12N2O10.